The van der Waals surface area contributed by atoms with Crippen LogP contribution in [0.5, 0.6) is 5.75 Å². The molecule has 0 heterocycles. The number of methoxy groups -OCH3 is 1. The first-order valence-corrected chi connectivity index (χ1v) is 8.89. The number of carbonyl (C=O) groups is 2. The SMILES string of the molecule is COc1c(Cl)cc(Cl)cc1/C=C/C(=O)Nc1ccc(C(=O)OC(C)C)cc1. The number of rotatable bonds is 6. The molecule has 0 aliphatic carbocycles. The van der Waals surface area contributed by atoms with Crippen LogP contribution in [0.25, 0.3) is 6.08 Å². The zero-order valence-corrected chi connectivity index (χ0v) is 16.6. The number of hydrogen-bond acceptors (Lipinski definition) is 4. The van der Waals surface area contributed by atoms with Crippen molar-refractivity contribution in [1.82, 2.24) is 0 Å². The third kappa shape index (κ3) is 6.01. The van der Waals surface area contributed by atoms with Crippen LogP contribution in [-0.4, -0.2) is 25.1 Å². The van der Waals surface area contributed by atoms with Crippen LogP contribution < -0.4 is 10.1 Å². The molecule has 0 aromatic heterocycles. The highest BCUT2D eigenvalue weighted by Gasteiger charge is 2.10. The molecule has 0 unspecified atom stereocenters. The normalized spacial score (nSPS) is 10.9. The lowest BCUT2D eigenvalue weighted by Crippen LogP contribution is -2.12. The number of amides is 1. The van der Waals surface area contributed by atoms with Crippen LogP contribution in [0.2, 0.25) is 10.0 Å². The third-order valence-electron chi connectivity index (χ3n) is 3.39. The summed E-state index contributed by atoms with van der Waals surface area (Å²) >= 11 is 12.1. The van der Waals surface area contributed by atoms with Crippen molar-refractivity contribution in [2.24, 2.45) is 0 Å². The summed E-state index contributed by atoms with van der Waals surface area (Å²) in [4.78, 5) is 23.9. The summed E-state index contributed by atoms with van der Waals surface area (Å²) in [5.74, 6) is -0.337. The van der Waals surface area contributed by atoms with E-state index in [9.17, 15) is 9.59 Å². The average Bonchev–Trinajstić information content (AvgIpc) is 2.59. The summed E-state index contributed by atoms with van der Waals surface area (Å²) in [5, 5.41) is 3.49. The van der Waals surface area contributed by atoms with Gasteiger partial charge in [-0.15, -0.1) is 0 Å². The minimum absolute atomic E-state index is 0.195. The van der Waals surface area contributed by atoms with Crippen LogP contribution in [0, 0.1) is 0 Å². The third-order valence-corrected chi connectivity index (χ3v) is 3.89. The van der Waals surface area contributed by atoms with Gasteiger partial charge in [-0.1, -0.05) is 23.2 Å². The number of hydrogen-bond donors (Lipinski definition) is 1. The summed E-state index contributed by atoms with van der Waals surface area (Å²) in [6.07, 6.45) is 2.70. The molecule has 5 nitrogen and oxygen atoms in total. The molecule has 0 aliphatic heterocycles. The van der Waals surface area contributed by atoms with Gasteiger partial charge in [-0.2, -0.15) is 0 Å². The molecular formula is C20H19Cl2NO4. The average molecular weight is 408 g/mol. The second kappa shape index (κ2) is 9.44. The number of halogens is 2. The number of nitrogens with one attached hydrogen (secondary N) is 1. The van der Waals surface area contributed by atoms with Gasteiger partial charge in [0.15, 0.2) is 0 Å². The second-order valence-corrected chi connectivity index (χ2v) is 6.71. The highest BCUT2D eigenvalue weighted by atomic mass is 35.5. The second-order valence-electron chi connectivity index (χ2n) is 5.86. The van der Waals surface area contributed by atoms with E-state index < -0.39 is 5.97 Å². The van der Waals surface area contributed by atoms with Gasteiger partial charge in [0, 0.05) is 22.3 Å². The summed E-state index contributed by atoms with van der Waals surface area (Å²) < 4.78 is 10.3. The van der Waals surface area contributed by atoms with Gasteiger partial charge < -0.3 is 14.8 Å². The van der Waals surface area contributed by atoms with Gasteiger partial charge in [0.1, 0.15) is 5.75 Å². The van der Waals surface area contributed by atoms with Crippen molar-refractivity contribution < 1.29 is 19.1 Å². The molecule has 0 spiro atoms. The zero-order chi connectivity index (χ0) is 20.0. The van der Waals surface area contributed by atoms with E-state index in [1.54, 1.807) is 56.3 Å². The fourth-order valence-corrected chi connectivity index (χ4v) is 2.83. The number of benzene rings is 2. The topological polar surface area (TPSA) is 64.6 Å². The van der Waals surface area contributed by atoms with Crippen LogP contribution in [0.15, 0.2) is 42.5 Å². The first-order chi connectivity index (χ1) is 12.8. The first kappa shape index (κ1) is 20.8. The van der Waals surface area contributed by atoms with Crippen LogP contribution >= 0.6 is 23.2 Å². The Bertz CT molecular complexity index is 861. The van der Waals surface area contributed by atoms with E-state index in [0.717, 1.165) is 0 Å². The van der Waals surface area contributed by atoms with E-state index in [-0.39, 0.29) is 12.0 Å². The zero-order valence-electron chi connectivity index (χ0n) is 15.1. The van der Waals surface area contributed by atoms with Crippen LogP contribution in [0.1, 0.15) is 29.8 Å². The molecule has 1 amide bonds. The Balaban J connectivity index is 2.06. The molecule has 2 rings (SSSR count). The van der Waals surface area contributed by atoms with Crippen molar-refractivity contribution in [2.45, 2.75) is 20.0 Å². The molecule has 0 fully saturated rings. The van der Waals surface area contributed by atoms with Crippen molar-refractivity contribution in [2.75, 3.05) is 12.4 Å². The molecule has 1 N–H and O–H groups in total. The maximum Gasteiger partial charge on any atom is 0.338 e. The van der Waals surface area contributed by atoms with Gasteiger partial charge in [0.05, 0.1) is 23.8 Å². The minimum Gasteiger partial charge on any atom is -0.495 e. The summed E-state index contributed by atoms with van der Waals surface area (Å²) in [5.41, 5.74) is 1.54. The van der Waals surface area contributed by atoms with Gasteiger partial charge in [-0.3, -0.25) is 4.79 Å². The molecule has 0 saturated heterocycles. The van der Waals surface area contributed by atoms with Crippen molar-refractivity contribution in [3.8, 4) is 5.75 Å². The van der Waals surface area contributed by atoms with E-state index in [2.05, 4.69) is 5.32 Å². The molecule has 7 heteroatoms. The predicted molar refractivity (Wildman–Crippen MR) is 108 cm³/mol. The number of carbonyl (C=O) groups excluding carboxylic acids is 2. The molecular weight excluding hydrogens is 389 g/mol. The smallest absolute Gasteiger partial charge is 0.338 e. The Kier molecular flexibility index (Phi) is 7.28. The quantitative estimate of drug-likeness (QED) is 0.526. The molecule has 0 radical (unpaired) electrons. The number of anilines is 1. The maximum absolute atomic E-state index is 12.1. The van der Waals surface area contributed by atoms with E-state index in [4.69, 9.17) is 32.7 Å². The fourth-order valence-electron chi connectivity index (χ4n) is 2.24. The predicted octanol–water partition coefficient (Wildman–Crippen LogP) is 5.22. The Morgan fingerprint density at radius 3 is 2.37 bits per heavy atom. The van der Waals surface area contributed by atoms with E-state index >= 15 is 0 Å². The maximum atomic E-state index is 12.1. The largest absolute Gasteiger partial charge is 0.495 e. The Labute approximate surface area is 167 Å². The lowest BCUT2D eigenvalue weighted by molar-refractivity contribution is -0.111. The number of ether oxygens (including phenoxy) is 2. The molecule has 27 heavy (non-hydrogen) atoms. The lowest BCUT2D eigenvalue weighted by atomic mass is 10.1. The lowest BCUT2D eigenvalue weighted by Gasteiger charge is -2.09. The standard InChI is InChI=1S/C20H19Cl2NO4/c1-12(2)27-20(25)13-4-7-16(8-5-13)23-18(24)9-6-14-10-15(21)11-17(22)19(14)26-3/h4-12H,1-3H3,(H,23,24)/b9-6+. The van der Waals surface area contributed by atoms with E-state index in [1.165, 1.54) is 13.2 Å². The Morgan fingerprint density at radius 2 is 1.78 bits per heavy atom. The van der Waals surface area contributed by atoms with Crippen LogP contribution in [-0.2, 0) is 9.53 Å². The Morgan fingerprint density at radius 1 is 1.11 bits per heavy atom. The van der Waals surface area contributed by atoms with Crippen LogP contribution in [0.4, 0.5) is 5.69 Å². The molecule has 142 valence electrons. The highest BCUT2D eigenvalue weighted by Crippen LogP contribution is 2.32. The van der Waals surface area contributed by atoms with Gasteiger partial charge in [0.25, 0.3) is 0 Å². The fraction of sp³-hybridized carbons (Fsp3) is 0.200. The van der Waals surface area contributed by atoms with Crippen molar-refractivity contribution in [3.63, 3.8) is 0 Å². The Hall–Kier alpha value is -2.50. The van der Waals surface area contributed by atoms with Crippen molar-refractivity contribution in [3.05, 3.63) is 63.6 Å². The van der Waals surface area contributed by atoms with Gasteiger partial charge in [-0.05, 0) is 56.3 Å². The number of esters is 1. The van der Waals surface area contributed by atoms with E-state index in [0.29, 0.717) is 32.6 Å². The van der Waals surface area contributed by atoms with Crippen molar-refractivity contribution >= 4 is 46.8 Å². The molecule has 0 aliphatic rings. The first-order valence-electron chi connectivity index (χ1n) is 8.13. The van der Waals surface area contributed by atoms with Crippen LogP contribution in [0.3, 0.4) is 0 Å². The molecule has 2 aromatic rings. The minimum atomic E-state index is -0.410. The van der Waals surface area contributed by atoms with Gasteiger partial charge in [-0.25, -0.2) is 4.79 Å². The van der Waals surface area contributed by atoms with Gasteiger partial charge in [0.2, 0.25) is 5.91 Å². The van der Waals surface area contributed by atoms with E-state index in [1.807, 2.05) is 0 Å². The summed E-state index contributed by atoms with van der Waals surface area (Å²) in [6.45, 7) is 3.56. The monoisotopic (exact) mass is 407 g/mol. The molecule has 0 bridgehead atoms. The molecule has 0 saturated carbocycles. The summed E-state index contributed by atoms with van der Waals surface area (Å²) in [7, 11) is 1.48. The summed E-state index contributed by atoms with van der Waals surface area (Å²) in [6, 6.07) is 9.63. The van der Waals surface area contributed by atoms with Gasteiger partial charge >= 0.3 is 5.97 Å². The molecule has 0 atom stereocenters. The molecule has 2 aromatic carbocycles. The van der Waals surface area contributed by atoms with Crippen molar-refractivity contribution in [1.29, 1.82) is 0 Å². The highest BCUT2D eigenvalue weighted by molar-refractivity contribution is 6.36.